The number of hydrogen-bond acceptors (Lipinski definition) is 4. The van der Waals surface area contributed by atoms with Gasteiger partial charge in [-0.15, -0.1) is 11.3 Å². The lowest BCUT2D eigenvalue weighted by molar-refractivity contribution is 0.102. The number of aryl methyl sites for hydroxylation is 1. The van der Waals surface area contributed by atoms with Gasteiger partial charge in [0.15, 0.2) is 5.78 Å². The summed E-state index contributed by atoms with van der Waals surface area (Å²) in [5.41, 5.74) is 1.82. The average Bonchev–Trinajstić information content (AvgIpc) is 2.80. The third kappa shape index (κ3) is 3.16. The summed E-state index contributed by atoms with van der Waals surface area (Å²) in [5.74, 6) is 1.69. The molecule has 1 aliphatic rings. The van der Waals surface area contributed by atoms with Crippen molar-refractivity contribution in [3.63, 3.8) is 0 Å². The Balaban J connectivity index is 1.78. The van der Waals surface area contributed by atoms with Crippen molar-refractivity contribution in [2.24, 2.45) is 5.92 Å². The molecule has 0 unspecified atom stereocenters. The van der Waals surface area contributed by atoms with Crippen LogP contribution in [0.25, 0.3) is 10.6 Å². The molecule has 1 heterocycles. The summed E-state index contributed by atoms with van der Waals surface area (Å²) in [6.45, 7) is 4.27. The van der Waals surface area contributed by atoms with E-state index in [0.29, 0.717) is 0 Å². The summed E-state index contributed by atoms with van der Waals surface area (Å²) in [5, 5.41) is 0.881. The number of thiazole rings is 1. The zero-order valence-corrected chi connectivity index (χ0v) is 13.2. The molecule has 2 aromatic rings. The number of rotatable bonds is 5. The fourth-order valence-corrected chi connectivity index (χ4v) is 3.40. The molecule has 110 valence electrons. The molecule has 1 fully saturated rings. The van der Waals surface area contributed by atoms with Crippen molar-refractivity contribution in [3.05, 3.63) is 34.8 Å². The van der Waals surface area contributed by atoms with Crippen LogP contribution in [-0.4, -0.2) is 17.4 Å². The van der Waals surface area contributed by atoms with E-state index in [4.69, 9.17) is 4.74 Å². The Bertz CT molecular complexity index is 659. The lowest BCUT2D eigenvalue weighted by Crippen LogP contribution is -2.19. The van der Waals surface area contributed by atoms with Crippen LogP contribution in [0.2, 0.25) is 0 Å². The molecule has 0 aliphatic heterocycles. The average molecular weight is 301 g/mol. The summed E-state index contributed by atoms with van der Waals surface area (Å²) >= 11 is 1.45. The van der Waals surface area contributed by atoms with E-state index in [2.05, 4.69) is 4.98 Å². The maximum absolute atomic E-state index is 11.5. The largest absolute Gasteiger partial charge is 0.493 e. The Morgan fingerprint density at radius 1 is 1.43 bits per heavy atom. The Kier molecular flexibility index (Phi) is 4.06. The van der Waals surface area contributed by atoms with Gasteiger partial charge in [0.2, 0.25) is 0 Å². The summed E-state index contributed by atoms with van der Waals surface area (Å²) in [6, 6.07) is 7.99. The third-order valence-corrected chi connectivity index (χ3v) is 5.22. The molecule has 1 aliphatic carbocycles. The maximum atomic E-state index is 11.5. The first-order chi connectivity index (χ1) is 10.1. The second-order valence-electron chi connectivity index (χ2n) is 5.63. The van der Waals surface area contributed by atoms with E-state index in [0.717, 1.165) is 39.4 Å². The van der Waals surface area contributed by atoms with Crippen molar-refractivity contribution in [1.29, 1.82) is 0 Å². The molecule has 1 aromatic heterocycles. The highest BCUT2D eigenvalue weighted by atomic mass is 32.1. The summed E-state index contributed by atoms with van der Waals surface area (Å²) in [7, 11) is 0. The van der Waals surface area contributed by atoms with Crippen LogP contribution in [-0.2, 0) is 0 Å². The summed E-state index contributed by atoms with van der Waals surface area (Å²) in [6.07, 6.45) is 3.90. The number of ketones is 1. The fourth-order valence-electron chi connectivity index (χ4n) is 2.44. The highest BCUT2D eigenvalue weighted by Gasteiger charge is 2.18. The van der Waals surface area contributed by atoms with Gasteiger partial charge >= 0.3 is 0 Å². The molecule has 1 saturated carbocycles. The molecule has 0 bridgehead atoms. The molecule has 1 aromatic carbocycles. The molecular formula is C17H19NO2S. The van der Waals surface area contributed by atoms with Crippen LogP contribution in [0.1, 0.15) is 41.6 Å². The van der Waals surface area contributed by atoms with Gasteiger partial charge in [0, 0.05) is 12.5 Å². The van der Waals surface area contributed by atoms with Gasteiger partial charge < -0.3 is 4.74 Å². The minimum Gasteiger partial charge on any atom is -0.493 e. The predicted molar refractivity (Wildman–Crippen MR) is 85.1 cm³/mol. The van der Waals surface area contributed by atoms with Crippen LogP contribution >= 0.6 is 11.3 Å². The highest BCUT2D eigenvalue weighted by molar-refractivity contribution is 7.17. The van der Waals surface area contributed by atoms with E-state index >= 15 is 0 Å². The smallest absolute Gasteiger partial charge is 0.171 e. The van der Waals surface area contributed by atoms with Gasteiger partial charge in [-0.3, -0.25) is 4.79 Å². The van der Waals surface area contributed by atoms with Gasteiger partial charge in [-0.1, -0.05) is 18.6 Å². The zero-order valence-electron chi connectivity index (χ0n) is 12.4. The molecule has 3 rings (SSSR count). The normalized spacial score (nSPS) is 14.8. The van der Waals surface area contributed by atoms with E-state index in [1.54, 1.807) is 6.92 Å². The SMILES string of the molecule is CC(=O)c1sc(-c2cccc(OCC3CCC3)c2)nc1C. The number of nitrogens with zero attached hydrogens (tertiary/aromatic N) is 1. The number of ether oxygens (including phenoxy) is 1. The number of hydrogen-bond donors (Lipinski definition) is 0. The fraction of sp³-hybridized carbons (Fsp3) is 0.412. The Morgan fingerprint density at radius 2 is 2.24 bits per heavy atom. The van der Waals surface area contributed by atoms with Crippen LogP contribution in [0.15, 0.2) is 24.3 Å². The zero-order chi connectivity index (χ0) is 14.8. The third-order valence-electron chi connectivity index (χ3n) is 3.91. The molecule has 0 spiro atoms. The first-order valence-electron chi connectivity index (χ1n) is 7.35. The Morgan fingerprint density at radius 3 is 2.86 bits per heavy atom. The molecule has 0 radical (unpaired) electrons. The molecule has 0 amide bonds. The van der Waals surface area contributed by atoms with Gasteiger partial charge in [-0.05, 0) is 37.8 Å². The number of aromatic nitrogens is 1. The highest BCUT2D eigenvalue weighted by Crippen LogP contribution is 2.31. The van der Waals surface area contributed by atoms with Crippen molar-refractivity contribution < 1.29 is 9.53 Å². The van der Waals surface area contributed by atoms with Crippen molar-refractivity contribution >= 4 is 17.1 Å². The Labute approximate surface area is 129 Å². The monoisotopic (exact) mass is 301 g/mol. The number of Topliss-reactive ketones (excluding diaryl/α,β-unsaturated/α-hetero) is 1. The van der Waals surface area contributed by atoms with Crippen molar-refractivity contribution in [2.45, 2.75) is 33.1 Å². The second-order valence-corrected chi connectivity index (χ2v) is 6.62. The van der Waals surface area contributed by atoms with E-state index in [9.17, 15) is 4.79 Å². The first kappa shape index (κ1) is 14.3. The molecule has 0 atom stereocenters. The van der Waals surface area contributed by atoms with Crippen LogP contribution in [0, 0.1) is 12.8 Å². The van der Waals surface area contributed by atoms with Crippen LogP contribution < -0.4 is 4.74 Å². The van der Waals surface area contributed by atoms with Crippen LogP contribution in [0.4, 0.5) is 0 Å². The number of carbonyl (C=O) groups excluding carboxylic acids is 1. The van der Waals surface area contributed by atoms with Crippen molar-refractivity contribution in [3.8, 4) is 16.3 Å². The van der Waals surface area contributed by atoms with Crippen LogP contribution in [0.3, 0.4) is 0 Å². The van der Waals surface area contributed by atoms with Gasteiger partial charge in [-0.25, -0.2) is 4.98 Å². The maximum Gasteiger partial charge on any atom is 0.171 e. The van der Waals surface area contributed by atoms with Crippen molar-refractivity contribution in [2.75, 3.05) is 6.61 Å². The lowest BCUT2D eigenvalue weighted by Gasteiger charge is -2.25. The topological polar surface area (TPSA) is 39.2 Å². The van der Waals surface area contributed by atoms with E-state index < -0.39 is 0 Å². The molecule has 0 N–H and O–H groups in total. The van der Waals surface area contributed by atoms with Gasteiger partial charge in [-0.2, -0.15) is 0 Å². The van der Waals surface area contributed by atoms with Gasteiger partial charge in [0.1, 0.15) is 10.8 Å². The lowest BCUT2D eigenvalue weighted by atomic mass is 9.86. The number of benzene rings is 1. The molecule has 3 nitrogen and oxygen atoms in total. The van der Waals surface area contributed by atoms with E-state index in [1.807, 2.05) is 31.2 Å². The van der Waals surface area contributed by atoms with E-state index in [1.165, 1.54) is 30.6 Å². The molecular weight excluding hydrogens is 282 g/mol. The first-order valence-corrected chi connectivity index (χ1v) is 8.16. The molecule has 21 heavy (non-hydrogen) atoms. The quantitative estimate of drug-likeness (QED) is 0.763. The van der Waals surface area contributed by atoms with E-state index in [-0.39, 0.29) is 5.78 Å². The Hall–Kier alpha value is -1.68. The van der Waals surface area contributed by atoms with Crippen molar-refractivity contribution in [1.82, 2.24) is 4.98 Å². The minimum absolute atomic E-state index is 0.0774. The predicted octanol–water partition coefficient (Wildman–Crippen LogP) is 4.50. The molecule has 0 saturated heterocycles. The minimum atomic E-state index is 0.0774. The summed E-state index contributed by atoms with van der Waals surface area (Å²) in [4.78, 5) is 16.8. The van der Waals surface area contributed by atoms with Gasteiger partial charge in [0.25, 0.3) is 0 Å². The van der Waals surface area contributed by atoms with Gasteiger partial charge in [0.05, 0.1) is 17.2 Å². The van der Waals surface area contributed by atoms with Crippen LogP contribution in [0.5, 0.6) is 5.75 Å². The second kappa shape index (κ2) is 5.98. The molecule has 4 heteroatoms. The summed E-state index contributed by atoms with van der Waals surface area (Å²) < 4.78 is 5.87. The standard InChI is InChI=1S/C17H19NO2S/c1-11-16(12(2)19)21-17(18-11)14-7-4-8-15(9-14)20-10-13-5-3-6-13/h4,7-9,13H,3,5-6,10H2,1-2H3. The number of carbonyl (C=O) groups is 1.